The normalized spacial score (nSPS) is 12.8. The molecule has 0 amide bonds. The fourth-order valence-corrected chi connectivity index (χ4v) is 1.07. The van der Waals surface area contributed by atoms with Gasteiger partial charge in [0.05, 0.1) is 12.7 Å². The second kappa shape index (κ2) is 4.94. The van der Waals surface area contributed by atoms with E-state index < -0.39 is 0 Å². The summed E-state index contributed by atoms with van der Waals surface area (Å²) in [4.78, 5) is 0. The Morgan fingerprint density at radius 3 is 2.54 bits per heavy atom. The monoisotopic (exact) mass is 183 g/mol. The second-order valence-corrected chi connectivity index (χ2v) is 2.85. The topological polar surface area (TPSA) is 35.2 Å². The van der Waals surface area contributed by atoms with Gasteiger partial charge < -0.3 is 10.5 Å². The Bertz CT molecular complexity index is 248. The highest BCUT2D eigenvalue weighted by Crippen LogP contribution is 2.16. The van der Waals surface area contributed by atoms with Crippen LogP contribution in [0.4, 0.5) is 4.39 Å². The summed E-state index contributed by atoms with van der Waals surface area (Å²) in [5, 5.41) is 0. The largest absolute Gasteiger partial charge is 0.373 e. The number of hydrogen-bond donors (Lipinski definition) is 1. The summed E-state index contributed by atoms with van der Waals surface area (Å²) in [6.07, 6.45) is -0.0239. The fourth-order valence-electron chi connectivity index (χ4n) is 1.07. The van der Waals surface area contributed by atoms with E-state index in [9.17, 15) is 4.39 Å². The molecule has 1 unspecified atom stereocenters. The quantitative estimate of drug-likeness (QED) is 0.773. The van der Waals surface area contributed by atoms with E-state index in [-0.39, 0.29) is 11.9 Å². The molecular weight excluding hydrogens is 169 g/mol. The predicted octanol–water partition coefficient (Wildman–Crippen LogP) is 1.86. The summed E-state index contributed by atoms with van der Waals surface area (Å²) in [6, 6.07) is 6.29. The highest BCUT2D eigenvalue weighted by Gasteiger charge is 2.04. The molecule has 2 nitrogen and oxygen atoms in total. The molecule has 0 aromatic heterocycles. The maximum atomic E-state index is 12.5. The molecule has 0 fully saturated rings. The van der Waals surface area contributed by atoms with Gasteiger partial charge in [0, 0.05) is 6.54 Å². The van der Waals surface area contributed by atoms with Crippen LogP contribution in [0.2, 0.25) is 0 Å². The van der Waals surface area contributed by atoms with Crippen molar-refractivity contribution < 1.29 is 9.13 Å². The summed E-state index contributed by atoms with van der Waals surface area (Å²) < 4.78 is 17.9. The maximum Gasteiger partial charge on any atom is 0.123 e. The first-order valence-corrected chi connectivity index (χ1v) is 4.31. The number of hydrogen-bond acceptors (Lipinski definition) is 2. The van der Waals surface area contributed by atoms with Crippen molar-refractivity contribution in [3.63, 3.8) is 0 Å². The van der Waals surface area contributed by atoms with Crippen molar-refractivity contribution in [2.75, 3.05) is 13.2 Å². The van der Waals surface area contributed by atoms with Gasteiger partial charge >= 0.3 is 0 Å². The van der Waals surface area contributed by atoms with E-state index in [1.807, 2.05) is 6.92 Å². The number of ether oxygens (including phenoxy) is 1. The van der Waals surface area contributed by atoms with Crippen LogP contribution in [-0.4, -0.2) is 13.2 Å². The molecule has 2 N–H and O–H groups in total. The molecule has 1 rings (SSSR count). The molecule has 3 heteroatoms. The molecule has 0 aliphatic heterocycles. The third kappa shape index (κ3) is 3.13. The standard InChI is InChI=1S/C10H14FNO/c1-8(13-7-6-12)9-2-4-10(11)5-3-9/h2-5,8H,6-7,12H2,1H3. The highest BCUT2D eigenvalue weighted by atomic mass is 19.1. The number of halogens is 1. The molecule has 1 aromatic rings. The summed E-state index contributed by atoms with van der Waals surface area (Å²) >= 11 is 0. The minimum absolute atomic E-state index is 0.0239. The van der Waals surface area contributed by atoms with Crippen LogP contribution in [0.1, 0.15) is 18.6 Å². The summed E-state index contributed by atoms with van der Waals surface area (Å²) in [5.74, 6) is -0.227. The van der Waals surface area contributed by atoms with Gasteiger partial charge in [-0.25, -0.2) is 4.39 Å². The SMILES string of the molecule is CC(OCCN)c1ccc(F)cc1. The number of rotatable bonds is 4. The van der Waals surface area contributed by atoms with Crippen LogP contribution in [0.15, 0.2) is 24.3 Å². The van der Waals surface area contributed by atoms with Crippen molar-refractivity contribution in [1.82, 2.24) is 0 Å². The lowest BCUT2D eigenvalue weighted by Gasteiger charge is -2.12. The Morgan fingerprint density at radius 2 is 2.00 bits per heavy atom. The van der Waals surface area contributed by atoms with E-state index >= 15 is 0 Å². The Morgan fingerprint density at radius 1 is 1.38 bits per heavy atom. The van der Waals surface area contributed by atoms with Gasteiger partial charge in [-0.3, -0.25) is 0 Å². The molecule has 1 aromatic carbocycles. The van der Waals surface area contributed by atoms with E-state index in [2.05, 4.69) is 0 Å². The lowest BCUT2D eigenvalue weighted by Crippen LogP contribution is -2.10. The molecular formula is C10H14FNO. The second-order valence-electron chi connectivity index (χ2n) is 2.85. The van der Waals surface area contributed by atoms with Crippen LogP contribution in [0.3, 0.4) is 0 Å². The van der Waals surface area contributed by atoms with Crippen molar-refractivity contribution in [3.05, 3.63) is 35.6 Å². The van der Waals surface area contributed by atoms with Crippen molar-refractivity contribution in [3.8, 4) is 0 Å². The van der Waals surface area contributed by atoms with Crippen LogP contribution in [0, 0.1) is 5.82 Å². The van der Waals surface area contributed by atoms with Crippen LogP contribution >= 0.6 is 0 Å². The molecule has 0 radical (unpaired) electrons. The van der Waals surface area contributed by atoms with Crippen LogP contribution in [0.5, 0.6) is 0 Å². The molecule has 0 bridgehead atoms. The Hall–Kier alpha value is -0.930. The Kier molecular flexibility index (Phi) is 3.86. The first kappa shape index (κ1) is 10.2. The lowest BCUT2D eigenvalue weighted by molar-refractivity contribution is 0.0717. The van der Waals surface area contributed by atoms with Gasteiger partial charge in [-0.1, -0.05) is 12.1 Å². The third-order valence-corrected chi connectivity index (χ3v) is 1.83. The van der Waals surface area contributed by atoms with Crippen molar-refractivity contribution in [2.24, 2.45) is 5.73 Å². The summed E-state index contributed by atoms with van der Waals surface area (Å²) in [7, 11) is 0. The minimum atomic E-state index is -0.227. The van der Waals surface area contributed by atoms with Gasteiger partial charge in [0.15, 0.2) is 0 Å². The molecule has 1 atom stereocenters. The van der Waals surface area contributed by atoms with E-state index in [0.29, 0.717) is 13.2 Å². The molecule has 0 saturated carbocycles. The van der Waals surface area contributed by atoms with Gasteiger partial charge in [0.1, 0.15) is 5.82 Å². The van der Waals surface area contributed by atoms with Crippen molar-refractivity contribution >= 4 is 0 Å². The van der Waals surface area contributed by atoms with Crippen LogP contribution in [0.25, 0.3) is 0 Å². The lowest BCUT2D eigenvalue weighted by atomic mass is 10.1. The number of benzene rings is 1. The predicted molar refractivity (Wildman–Crippen MR) is 49.8 cm³/mol. The molecule has 0 aliphatic rings. The number of nitrogens with two attached hydrogens (primary N) is 1. The molecule has 0 aliphatic carbocycles. The molecule has 0 saturated heterocycles. The van der Waals surface area contributed by atoms with Crippen molar-refractivity contribution in [1.29, 1.82) is 0 Å². The van der Waals surface area contributed by atoms with E-state index in [1.54, 1.807) is 12.1 Å². The summed E-state index contributed by atoms with van der Waals surface area (Å²) in [6.45, 7) is 2.95. The fraction of sp³-hybridized carbons (Fsp3) is 0.400. The molecule has 13 heavy (non-hydrogen) atoms. The average molecular weight is 183 g/mol. The first-order valence-electron chi connectivity index (χ1n) is 4.31. The van der Waals surface area contributed by atoms with Crippen molar-refractivity contribution in [2.45, 2.75) is 13.0 Å². The maximum absolute atomic E-state index is 12.5. The minimum Gasteiger partial charge on any atom is -0.373 e. The highest BCUT2D eigenvalue weighted by molar-refractivity contribution is 5.17. The van der Waals surface area contributed by atoms with Crippen LogP contribution in [-0.2, 0) is 4.74 Å². The van der Waals surface area contributed by atoms with Gasteiger partial charge in [-0.15, -0.1) is 0 Å². The van der Waals surface area contributed by atoms with E-state index in [1.165, 1.54) is 12.1 Å². The summed E-state index contributed by atoms with van der Waals surface area (Å²) in [5.41, 5.74) is 6.26. The average Bonchev–Trinajstić information content (AvgIpc) is 2.15. The van der Waals surface area contributed by atoms with Gasteiger partial charge in [0.25, 0.3) is 0 Å². The molecule has 72 valence electrons. The zero-order chi connectivity index (χ0) is 9.68. The van der Waals surface area contributed by atoms with Gasteiger partial charge in [0.2, 0.25) is 0 Å². The van der Waals surface area contributed by atoms with Gasteiger partial charge in [-0.2, -0.15) is 0 Å². The van der Waals surface area contributed by atoms with Crippen LogP contribution < -0.4 is 5.73 Å². The third-order valence-electron chi connectivity index (χ3n) is 1.83. The Labute approximate surface area is 77.5 Å². The smallest absolute Gasteiger partial charge is 0.123 e. The Balaban J connectivity index is 2.55. The zero-order valence-corrected chi connectivity index (χ0v) is 7.66. The first-order chi connectivity index (χ1) is 6.24. The zero-order valence-electron chi connectivity index (χ0n) is 7.66. The van der Waals surface area contributed by atoms with Gasteiger partial charge in [-0.05, 0) is 24.6 Å². The van der Waals surface area contributed by atoms with E-state index in [0.717, 1.165) is 5.56 Å². The molecule has 0 spiro atoms. The van der Waals surface area contributed by atoms with E-state index in [4.69, 9.17) is 10.5 Å². The molecule has 0 heterocycles.